The molecule has 4 heteroatoms. The molecule has 1 aromatic heterocycles. The molecule has 0 aromatic carbocycles. The highest BCUT2D eigenvalue weighted by molar-refractivity contribution is 7.98. The molecular formula is C7H7N3S. The van der Waals surface area contributed by atoms with E-state index in [1.807, 2.05) is 12.3 Å². The van der Waals surface area contributed by atoms with Crippen LogP contribution in [-0.4, -0.2) is 11.2 Å². The lowest BCUT2D eigenvalue weighted by Gasteiger charge is -1.98. The number of nitrogen functional groups attached to an aromatic ring is 1. The molecule has 1 heterocycles. The smallest absolute Gasteiger partial charge is 0.119 e. The number of hydrogen-bond acceptors (Lipinski definition) is 4. The Hall–Kier alpha value is -1.21. The van der Waals surface area contributed by atoms with Gasteiger partial charge < -0.3 is 5.73 Å². The van der Waals surface area contributed by atoms with Crippen LogP contribution in [0.1, 0.15) is 5.56 Å². The standard InChI is InChI=1S/C7H7N3S/c1-11-7-6(9)2-5(3-8)4-10-7/h2,4H,9H2,1H3. The fourth-order valence-corrected chi connectivity index (χ4v) is 1.15. The van der Waals surface area contributed by atoms with Crippen molar-refractivity contribution >= 4 is 17.4 Å². The molecular weight excluding hydrogens is 158 g/mol. The summed E-state index contributed by atoms with van der Waals surface area (Å²) in [5, 5.41) is 9.24. The lowest BCUT2D eigenvalue weighted by Crippen LogP contribution is -1.92. The molecule has 0 fully saturated rings. The van der Waals surface area contributed by atoms with Gasteiger partial charge in [0.1, 0.15) is 11.1 Å². The van der Waals surface area contributed by atoms with Crippen LogP contribution >= 0.6 is 11.8 Å². The molecule has 0 spiro atoms. The van der Waals surface area contributed by atoms with Gasteiger partial charge in [-0.3, -0.25) is 0 Å². The number of hydrogen-bond donors (Lipinski definition) is 1. The van der Waals surface area contributed by atoms with Gasteiger partial charge in [-0.05, 0) is 12.3 Å². The minimum absolute atomic E-state index is 0.500. The Bertz CT molecular complexity index is 303. The summed E-state index contributed by atoms with van der Waals surface area (Å²) in [5.41, 5.74) is 6.64. The molecule has 0 aliphatic heterocycles. The Balaban J connectivity index is 3.12. The molecule has 1 rings (SSSR count). The van der Waals surface area contributed by atoms with Crippen molar-refractivity contribution in [2.75, 3.05) is 12.0 Å². The SMILES string of the molecule is CSc1ncc(C#N)cc1N. The van der Waals surface area contributed by atoms with E-state index < -0.39 is 0 Å². The first kappa shape index (κ1) is 7.89. The van der Waals surface area contributed by atoms with Gasteiger partial charge in [0.2, 0.25) is 0 Å². The third-order valence-electron chi connectivity index (χ3n) is 1.20. The van der Waals surface area contributed by atoms with Gasteiger partial charge in [0, 0.05) is 6.20 Å². The van der Waals surface area contributed by atoms with E-state index in [1.165, 1.54) is 18.0 Å². The van der Waals surface area contributed by atoms with Gasteiger partial charge >= 0.3 is 0 Å². The first-order valence-electron chi connectivity index (χ1n) is 2.97. The minimum Gasteiger partial charge on any atom is -0.397 e. The van der Waals surface area contributed by atoms with Gasteiger partial charge in [-0.1, -0.05) is 0 Å². The zero-order chi connectivity index (χ0) is 8.27. The van der Waals surface area contributed by atoms with Crippen molar-refractivity contribution in [1.29, 1.82) is 5.26 Å². The fourth-order valence-electron chi connectivity index (χ4n) is 0.701. The summed E-state index contributed by atoms with van der Waals surface area (Å²) >= 11 is 1.47. The Labute approximate surface area is 69.2 Å². The van der Waals surface area contributed by atoms with Gasteiger partial charge in [0.25, 0.3) is 0 Å². The van der Waals surface area contributed by atoms with Crippen LogP contribution in [0.2, 0.25) is 0 Å². The number of aromatic nitrogens is 1. The Morgan fingerprint density at radius 2 is 2.45 bits per heavy atom. The molecule has 3 nitrogen and oxygen atoms in total. The van der Waals surface area contributed by atoms with E-state index in [9.17, 15) is 0 Å². The van der Waals surface area contributed by atoms with Crippen molar-refractivity contribution < 1.29 is 0 Å². The summed E-state index contributed by atoms with van der Waals surface area (Å²) in [7, 11) is 0. The van der Waals surface area contributed by atoms with Crippen LogP contribution in [0.4, 0.5) is 5.69 Å². The first-order valence-corrected chi connectivity index (χ1v) is 4.20. The van der Waals surface area contributed by atoms with Crippen molar-refractivity contribution in [2.24, 2.45) is 0 Å². The van der Waals surface area contributed by atoms with E-state index in [-0.39, 0.29) is 0 Å². The molecule has 1 aromatic rings. The molecule has 0 aliphatic rings. The van der Waals surface area contributed by atoms with Crippen LogP contribution in [0.25, 0.3) is 0 Å². The summed E-state index contributed by atoms with van der Waals surface area (Å²) in [6.07, 6.45) is 3.41. The Kier molecular flexibility index (Phi) is 2.34. The number of nitriles is 1. The van der Waals surface area contributed by atoms with Crippen molar-refractivity contribution in [3.63, 3.8) is 0 Å². The lowest BCUT2D eigenvalue weighted by molar-refractivity contribution is 1.14. The second-order valence-electron chi connectivity index (χ2n) is 1.93. The minimum atomic E-state index is 0.500. The van der Waals surface area contributed by atoms with Gasteiger partial charge in [-0.25, -0.2) is 4.98 Å². The zero-order valence-electron chi connectivity index (χ0n) is 6.03. The van der Waals surface area contributed by atoms with E-state index in [0.717, 1.165) is 5.03 Å². The maximum atomic E-state index is 8.47. The molecule has 11 heavy (non-hydrogen) atoms. The van der Waals surface area contributed by atoms with Crippen LogP contribution in [0.3, 0.4) is 0 Å². The van der Waals surface area contributed by atoms with Gasteiger partial charge in [-0.15, -0.1) is 11.8 Å². The summed E-state index contributed by atoms with van der Waals surface area (Å²) in [6, 6.07) is 3.59. The van der Waals surface area contributed by atoms with Gasteiger partial charge in [0.05, 0.1) is 11.3 Å². The molecule has 0 aliphatic carbocycles. The zero-order valence-corrected chi connectivity index (χ0v) is 6.85. The van der Waals surface area contributed by atoms with E-state index in [2.05, 4.69) is 4.98 Å². The molecule has 2 N–H and O–H groups in total. The normalized spacial score (nSPS) is 9.09. The van der Waals surface area contributed by atoms with Crippen molar-refractivity contribution in [3.8, 4) is 6.07 Å². The van der Waals surface area contributed by atoms with E-state index in [4.69, 9.17) is 11.0 Å². The van der Waals surface area contributed by atoms with Gasteiger partial charge in [0.15, 0.2) is 0 Å². The highest BCUT2D eigenvalue weighted by Gasteiger charge is 1.99. The number of anilines is 1. The topological polar surface area (TPSA) is 62.7 Å². The summed E-state index contributed by atoms with van der Waals surface area (Å²) < 4.78 is 0. The molecule has 56 valence electrons. The maximum absolute atomic E-state index is 8.47. The molecule has 0 radical (unpaired) electrons. The predicted octanol–water partition coefficient (Wildman–Crippen LogP) is 1.26. The summed E-state index contributed by atoms with van der Waals surface area (Å²) in [4.78, 5) is 3.98. The van der Waals surface area contributed by atoms with E-state index >= 15 is 0 Å². The predicted molar refractivity (Wildman–Crippen MR) is 45.1 cm³/mol. The molecule has 0 bridgehead atoms. The number of thioether (sulfide) groups is 1. The second kappa shape index (κ2) is 3.26. The average Bonchev–Trinajstić information content (AvgIpc) is 2.04. The average molecular weight is 165 g/mol. The van der Waals surface area contributed by atoms with Crippen LogP contribution < -0.4 is 5.73 Å². The Morgan fingerprint density at radius 1 is 1.73 bits per heavy atom. The monoisotopic (exact) mass is 165 g/mol. The number of pyridine rings is 1. The van der Waals surface area contributed by atoms with E-state index in [0.29, 0.717) is 11.3 Å². The largest absolute Gasteiger partial charge is 0.397 e. The van der Waals surface area contributed by atoms with Crippen molar-refractivity contribution in [3.05, 3.63) is 17.8 Å². The van der Waals surface area contributed by atoms with Crippen LogP contribution in [0.15, 0.2) is 17.3 Å². The van der Waals surface area contributed by atoms with Crippen LogP contribution in [0.5, 0.6) is 0 Å². The number of rotatable bonds is 1. The number of nitrogens with zero attached hydrogens (tertiary/aromatic N) is 2. The van der Waals surface area contributed by atoms with Crippen LogP contribution in [-0.2, 0) is 0 Å². The second-order valence-corrected chi connectivity index (χ2v) is 2.73. The van der Waals surface area contributed by atoms with Gasteiger partial charge in [-0.2, -0.15) is 5.26 Å². The summed E-state index contributed by atoms with van der Waals surface area (Å²) in [6.45, 7) is 0. The summed E-state index contributed by atoms with van der Waals surface area (Å²) in [5.74, 6) is 0. The third-order valence-corrected chi connectivity index (χ3v) is 1.93. The van der Waals surface area contributed by atoms with Crippen molar-refractivity contribution in [2.45, 2.75) is 5.03 Å². The highest BCUT2D eigenvalue weighted by Crippen LogP contribution is 2.19. The van der Waals surface area contributed by atoms with Crippen molar-refractivity contribution in [1.82, 2.24) is 4.98 Å². The number of nitrogens with two attached hydrogens (primary N) is 1. The van der Waals surface area contributed by atoms with Crippen LogP contribution in [0, 0.1) is 11.3 Å². The first-order chi connectivity index (χ1) is 5.27. The molecule has 0 atom stereocenters. The lowest BCUT2D eigenvalue weighted by atomic mass is 10.3. The molecule has 0 saturated carbocycles. The Morgan fingerprint density at radius 3 is 2.91 bits per heavy atom. The van der Waals surface area contributed by atoms with E-state index in [1.54, 1.807) is 6.07 Å². The molecule has 0 unspecified atom stereocenters. The fraction of sp³-hybridized carbons (Fsp3) is 0.143. The quantitative estimate of drug-likeness (QED) is 0.636. The maximum Gasteiger partial charge on any atom is 0.119 e. The highest BCUT2D eigenvalue weighted by atomic mass is 32.2. The molecule has 0 saturated heterocycles. The third kappa shape index (κ3) is 1.63. The molecule has 0 amide bonds.